The van der Waals surface area contributed by atoms with E-state index in [0.29, 0.717) is 0 Å². The smallest absolute Gasteiger partial charge is 0.322 e. The fourth-order valence-electron chi connectivity index (χ4n) is 1.66. The van der Waals surface area contributed by atoms with Gasteiger partial charge in [0.05, 0.1) is 0 Å². The molecule has 1 heterocycles. The zero-order chi connectivity index (χ0) is 8.98. The van der Waals surface area contributed by atoms with Crippen LogP contribution in [0.1, 0.15) is 26.7 Å². The van der Waals surface area contributed by atoms with E-state index < -0.39 is 5.54 Å². The molecule has 0 spiro atoms. The SMILES string of the molecule is CC1(C2(C)NC(=O)NC2=O)CC1. The lowest BCUT2D eigenvalue weighted by molar-refractivity contribution is -0.125. The Bertz CT molecular complexity index is 270. The monoisotopic (exact) mass is 168 g/mol. The summed E-state index contributed by atoms with van der Waals surface area (Å²) < 4.78 is 0. The van der Waals surface area contributed by atoms with E-state index >= 15 is 0 Å². The Morgan fingerprint density at radius 1 is 1.25 bits per heavy atom. The van der Waals surface area contributed by atoms with Crippen molar-refractivity contribution in [1.29, 1.82) is 0 Å². The topological polar surface area (TPSA) is 58.2 Å². The molecule has 4 nitrogen and oxygen atoms in total. The van der Waals surface area contributed by atoms with Gasteiger partial charge in [-0.3, -0.25) is 10.1 Å². The summed E-state index contributed by atoms with van der Waals surface area (Å²) in [7, 11) is 0. The number of imide groups is 1. The number of rotatable bonds is 1. The number of nitrogens with one attached hydrogen (secondary N) is 2. The molecule has 0 bridgehead atoms. The number of carbonyl (C=O) groups is 2. The van der Waals surface area contributed by atoms with Gasteiger partial charge in [0.1, 0.15) is 5.54 Å². The molecule has 0 aromatic rings. The Morgan fingerprint density at radius 2 is 1.83 bits per heavy atom. The summed E-state index contributed by atoms with van der Waals surface area (Å²) >= 11 is 0. The van der Waals surface area contributed by atoms with Gasteiger partial charge in [-0.25, -0.2) is 4.79 Å². The number of carbonyl (C=O) groups excluding carboxylic acids is 2. The minimum atomic E-state index is -0.677. The Labute approximate surface area is 70.7 Å². The lowest BCUT2D eigenvalue weighted by Gasteiger charge is -2.27. The van der Waals surface area contributed by atoms with Crippen molar-refractivity contribution in [2.75, 3.05) is 0 Å². The number of hydrogen-bond donors (Lipinski definition) is 2. The molecule has 1 saturated carbocycles. The van der Waals surface area contributed by atoms with Gasteiger partial charge in [0.25, 0.3) is 5.91 Å². The van der Waals surface area contributed by atoms with Crippen molar-refractivity contribution in [2.24, 2.45) is 5.41 Å². The highest BCUT2D eigenvalue weighted by atomic mass is 16.2. The van der Waals surface area contributed by atoms with E-state index in [1.807, 2.05) is 6.92 Å². The summed E-state index contributed by atoms with van der Waals surface area (Å²) in [6.45, 7) is 3.82. The lowest BCUT2D eigenvalue weighted by Crippen LogP contribution is -2.50. The highest BCUT2D eigenvalue weighted by molar-refractivity contribution is 6.07. The molecule has 1 unspecified atom stereocenters. The molecule has 12 heavy (non-hydrogen) atoms. The zero-order valence-corrected chi connectivity index (χ0v) is 7.23. The second kappa shape index (κ2) is 1.81. The van der Waals surface area contributed by atoms with E-state index in [1.165, 1.54) is 0 Å². The van der Waals surface area contributed by atoms with Crippen LogP contribution in [-0.2, 0) is 4.79 Å². The molecule has 66 valence electrons. The van der Waals surface area contributed by atoms with Crippen molar-refractivity contribution in [3.05, 3.63) is 0 Å². The Hall–Kier alpha value is -1.06. The normalized spacial score (nSPS) is 37.5. The van der Waals surface area contributed by atoms with E-state index in [2.05, 4.69) is 10.6 Å². The summed E-state index contributed by atoms with van der Waals surface area (Å²) in [5.41, 5.74) is -0.701. The van der Waals surface area contributed by atoms with Crippen molar-refractivity contribution < 1.29 is 9.59 Å². The van der Waals surface area contributed by atoms with Crippen LogP contribution in [0.15, 0.2) is 0 Å². The third-order valence-corrected chi connectivity index (χ3v) is 3.25. The van der Waals surface area contributed by atoms with Crippen LogP contribution in [0.25, 0.3) is 0 Å². The van der Waals surface area contributed by atoms with E-state index in [0.717, 1.165) is 12.8 Å². The van der Waals surface area contributed by atoms with E-state index in [9.17, 15) is 9.59 Å². The molecule has 2 fully saturated rings. The number of hydrogen-bond acceptors (Lipinski definition) is 2. The van der Waals surface area contributed by atoms with Gasteiger partial charge in [0.2, 0.25) is 0 Å². The average Bonchev–Trinajstić information content (AvgIpc) is 2.62. The second-order valence-corrected chi connectivity index (χ2v) is 4.09. The van der Waals surface area contributed by atoms with Gasteiger partial charge < -0.3 is 5.32 Å². The summed E-state index contributed by atoms with van der Waals surface area (Å²) in [5.74, 6) is -0.187. The molecule has 1 atom stereocenters. The van der Waals surface area contributed by atoms with Gasteiger partial charge >= 0.3 is 6.03 Å². The van der Waals surface area contributed by atoms with E-state index in [1.54, 1.807) is 6.92 Å². The minimum Gasteiger partial charge on any atom is -0.323 e. The number of amides is 3. The maximum atomic E-state index is 11.4. The third-order valence-electron chi connectivity index (χ3n) is 3.25. The summed E-state index contributed by atoms with van der Waals surface area (Å²) in [6.07, 6.45) is 2.02. The van der Waals surface area contributed by atoms with Crippen LogP contribution in [0.2, 0.25) is 0 Å². The molecular weight excluding hydrogens is 156 g/mol. The molecule has 1 aliphatic carbocycles. The van der Waals surface area contributed by atoms with Crippen molar-refractivity contribution in [3.8, 4) is 0 Å². The molecular formula is C8H12N2O2. The van der Waals surface area contributed by atoms with Crippen LogP contribution in [0.4, 0.5) is 4.79 Å². The molecule has 1 aliphatic heterocycles. The highest BCUT2D eigenvalue weighted by Crippen LogP contribution is 2.54. The maximum Gasteiger partial charge on any atom is 0.322 e. The molecule has 0 aromatic carbocycles. The quantitative estimate of drug-likeness (QED) is 0.556. The molecule has 4 heteroatoms. The molecule has 3 amide bonds. The van der Waals surface area contributed by atoms with Crippen molar-refractivity contribution in [3.63, 3.8) is 0 Å². The van der Waals surface area contributed by atoms with Gasteiger partial charge in [0, 0.05) is 0 Å². The van der Waals surface area contributed by atoms with Crippen molar-refractivity contribution >= 4 is 11.9 Å². The third kappa shape index (κ3) is 0.722. The second-order valence-electron chi connectivity index (χ2n) is 4.09. The minimum absolute atomic E-state index is 0.0246. The van der Waals surface area contributed by atoms with Gasteiger partial charge in [-0.1, -0.05) is 6.92 Å². The first kappa shape index (κ1) is 7.58. The maximum absolute atomic E-state index is 11.4. The highest BCUT2D eigenvalue weighted by Gasteiger charge is 2.60. The first-order chi connectivity index (χ1) is 5.48. The molecule has 2 N–H and O–H groups in total. The Kier molecular flexibility index (Phi) is 1.14. The van der Waals surface area contributed by atoms with Gasteiger partial charge in [-0.15, -0.1) is 0 Å². The van der Waals surface area contributed by atoms with E-state index in [-0.39, 0.29) is 17.4 Å². The van der Waals surface area contributed by atoms with Crippen LogP contribution in [0.3, 0.4) is 0 Å². The van der Waals surface area contributed by atoms with Gasteiger partial charge in [0.15, 0.2) is 0 Å². The first-order valence-electron chi connectivity index (χ1n) is 4.12. The standard InChI is InChI=1S/C8H12N2O2/c1-7(3-4-7)8(2)5(11)9-6(12)10-8/h3-4H2,1-2H3,(H2,9,10,11,12). The van der Waals surface area contributed by atoms with Crippen LogP contribution >= 0.6 is 0 Å². The number of urea groups is 1. The molecule has 1 saturated heterocycles. The molecule has 2 aliphatic rings. The van der Waals surface area contributed by atoms with Crippen LogP contribution in [-0.4, -0.2) is 17.5 Å². The van der Waals surface area contributed by atoms with Crippen molar-refractivity contribution in [1.82, 2.24) is 10.6 Å². The first-order valence-corrected chi connectivity index (χ1v) is 4.12. The van der Waals surface area contributed by atoms with Gasteiger partial charge in [-0.2, -0.15) is 0 Å². The predicted molar refractivity (Wildman–Crippen MR) is 42.4 cm³/mol. The fraction of sp³-hybridized carbons (Fsp3) is 0.750. The Balaban J connectivity index is 2.31. The summed E-state index contributed by atoms with van der Waals surface area (Å²) in [4.78, 5) is 22.3. The largest absolute Gasteiger partial charge is 0.323 e. The van der Waals surface area contributed by atoms with Gasteiger partial charge in [-0.05, 0) is 25.2 Å². The van der Waals surface area contributed by atoms with Crippen LogP contribution in [0.5, 0.6) is 0 Å². The van der Waals surface area contributed by atoms with Crippen LogP contribution in [0, 0.1) is 5.41 Å². The average molecular weight is 168 g/mol. The molecule has 0 radical (unpaired) electrons. The summed E-state index contributed by atoms with van der Waals surface area (Å²) in [6, 6.07) is -0.365. The fourth-order valence-corrected chi connectivity index (χ4v) is 1.66. The molecule has 0 aromatic heterocycles. The van der Waals surface area contributed by atoms with E-state index in [4.69, 9.17) is 0 Å². The zero-order valence-electron chi connectivity index (χ0n) is 7.23. The van der Waals surface area contributed by atoms with Crippen LogP contribution < -0.4 is 10.6 Å². The summed E-state index contributed by atoms with van der Waals surface area (Å²) in [5, 5.41) is 4.95. The Morgan fingerprint density at radius 3 is 2.17 bits per heavy atom. The lowest BCUT2D eigenvalue weighted by atomic mass is 9.84. The predicted octanol–water partition coefficient (Wildman–Crippen LogP) is 0.385. The molecule has 2 rings (SSSR count). The van der Waals surface area contributed by atoms with Crippen molar-refractivity contribution in [2.45, 2.75) is 32.2 Å².